The SMILES string of the molecule is C=CCOc1ccc(/C=C/C(=O)OCC(=O)Nc2c(C)cccc2C)cc1. The number of amides is 1. The average molecular weight is 365 g/mol. The molecule has 0 heterocycles. The maximum Gasteiger partial charge on any atom is 0.331 e. The van der Waals surface area contributed by atoms with Crippen LogP contribution in [-0.4, -0.2) is 25.1 Å². The standard InChI is InChI=1S/C22H23NO4/c1-4-14-26-19-11-8-18(9-12-19)10-13-21(25)27-15-20(24)23-22-16(2)6-5-7-17(22)3/h4-13H,1,14-15H2,2-3H3,(H,23,24)/b13-10+. The molecule has 0 spiro atoms. The molecule has 0 bridgehead atoms. The summed E-state index contributed by atoms with van der Waals surface area (Å²) in [5.41, 5.74) is 3.47. The molecule has 0 saturated carbocycles. The van der Waals surface area contributed by atoms with E-state index in [1.54, 1.807) is 24.3 Å². The molecule has 0 aromatic heterocycles. The van der Waals surface area contributed by atoms with Gasteiger partial charge in [-0.15, -0.1) is 0 Å². The minimum Gasteiger partial charge on any atom is -0.490 e. The van der Waals surface area contributed by atoms with Gasteiger partial charge in [0.1, 0.15) is 12.4 Å². The first-order chi connectivity index (χ1) is 13.0. The van der Waals surface area contributed by atoms with Gasteiger partial charge in [-0.25, -0.2) is 4.79 Å². The van der Waals surface area contributed by atoms with Crippen LogP contribution in [0.4, 0.5) is 5.69 Å². The minimum atomic E-state index is -0.585. The van der Waals surface area contributed by atoms with Gasteiger partial charge in [0, 0.05) is 11.8 Å². The largest absolute Gasteiger partial charge is 0.490 e. The molecule has 2 aromatic rings. The molecule has 1 N–H and O–H groups in total. The Hall–Kier alpha value is -3.34. The van der Waals surface area contributed by atoms with E-state index in [0.29, 0.717) is 6.61 Å². The molecule has 0 fully saturated rings. The van der Waals surface area contributed by atoms with Crippen LogP contribution >= 0.6 is 0 Å². The highest BCUT2D eigenvalue weighted by Gasteiger charge is 2.09. The van der Waals surface area contributed by atoms with Crippen molar-refractivity contribution >= 4 is 23.6 Å². The number of carbonyl (C=O) groups excluding carboxylic acids is 2. The van der Waals surface area contributed by atoms with Gasteiger partial charge in [-0.2, -0.15) is 0 Å². The van der Waals surface area contributed by atoms with Crippen molar-refractivity contribution in [2.75, 3.05) is 18.5 Å². The summed E-state index contributed by atoms with van der Waals surface area (Å²) in [7, 11) is 0. The van der Waals surface area contributed by atoms with Crippen LogP contribution in [0.25, 0.3) is 6.08 Å². The zero-order valence-electron chi connectivity index (χ0n) is 15.5. The highest BCUT2D eigenvalue weighted by Crippen LogP contribution is 2.19. The molecule has 5 heteroatoms. The summed E-state index contributed by atoms with van der Waals surface area (Å²) in [4.78, 5) is 23.8. The number of hydrogen-bond donors (Lipinski definition) is 1. The lowest BCUT2D eigenvalue weighted by molar-refractivity contribution is -0.142. The smallest absolute Gasteiger partial charge is 0.331 e. The van der Waals surface area contributed by atoms with Gasteiger partial charge < -0.3 is 14.8 Å². The van der Waals surface area contributed by atoms with Crippen molar-refractivity contribution < 1.29 is 19.1 Å². The number of hydrogen-bond acceptors (Lipinski definition) is 4. The molecule has 5 nitrogen and oxygen atoms in total. The molecule has 2 rings (SSSR count). The number of benzene rings is 2. The third-order valence-electron chi connectivity index (χ3n) is 3.75. The van der Waals surface area contributed by atoms with Crippen LogP contribution in [0.3, 0.4) is 0 Å². The van der Waals surface area contributed by atoms with Crippen LogP contribution in [0.15, 0.2) is 61.2 Å². The van der Waals surface area contributed by atoms with E-state index in [0.717, 1.165) is 28.1 Å². The number of carbonyl (C=O) groups is 2. The normalized spacial score (nSPS) is 10.4. The molecule has 27 heavy (non-hydrogen) atoms. The Bertz CT molecular complexity index is 818. The van der Waals surface area contributed by atoms with Crippen molar-refractivity contribution in [3.63, 3.8) is 0 Å². The number of para-hydroxylation sites is 1. The monoisotopic (exact) mass is 365 g/mol. The predicted octanol–water partition coefficient (Wildman–Crippen LogP) is 4.06. The van der Waals surface area contributed by atoms with Crippen LogP contribution in [0.2, 0.25) is 0 Å². The van der Waals surface area contributed by atoms with E-state index in [1.165, 1.54) is 6.08 Å². The molecule has 0 atom stereocenters. The summed E-state index contributed by atoms with van der Waals surface area (Å²) in [6, 6.07) is 13.0. The summed E-state index contributed by atoms with van der Waals surface area (Å²) in [6.07, 6.45) is 4.56. The van der Waals surface area contributed by atoms with Gasteiger partial charge in [-0.05, 0) is 48.7 Å². The Morgan fingerprint density at radius 1 is 1.07 bits per heavy atom. The van der Waals surface area contributed by atoms with Gasteiger partial charge >= 0.3 is 5.97 Å². The van der Waals surface area contributed by atoms with Crippen LogP contribution in [-0.2, 0) is 14.3 Å². The summed E-state index contributed by atoms with van der Waals surface area (Å²) < 4.78 is 10.4. The topological polar surface area (TPSA) is 64.6 Å². The number of ether oxygens (including phenoxy) is 2. The summed E-state index contributed by atoms with van der Waals surface area (Å²) in [6.45, 7) is 7.50. The van der Waals surface area contributed by atoms with E-state index in [4.69, 9.17) is 9.47 Å². The first-order valence-corrected chi connectivity index (χ1v) is 8.54. The summed E-state index contributed by atoms with van der Waals surface area (Å²) in [5.74, 6) is -0.241. The van der Waals surface area contributed by atoms with E-state index in [-0.39, 0.29) is 12.5 Å². The Labute approximate surface area is 159 Å². The predicted molar refractivity (Wildman–Crippen MR) is 107 cm³/mol. The molecule has 0 aliphatic carbocycles. The molecule has 140 valence electrons. The third-order valence-corrected chi connectivity index (χ3v) is 3.75. The lowest BCUT2D eigenvalue weighted by atomic mass is 10.1. The Kier molecular flexibility index (Phi) is 7.37. The van der Waals surface area contributed by atoms with Crippen LogP contribution in [0.5, 0.6) is 5.75 Å². The van der Waals surface area contributed by atoms with Crippen LogP contribution in [0, 0.1) is 13.8 Å². The molecule has 2 aromatic carbocycles. The van der Waals surface area contributed by atoms with Gasteiger partial charge in [0.15, 0.2) is 6.61 Å². The van der Waals surface area contributed by atoms with E-state index in [9.17, 15) is 9.59 Å². The number of esters is 1. The Morgan fingerprint density at radius 3 is 2.37 bits per heavy atom. The van der Waals surface area contributed by atoms with E-state index in [1.807, 2.05) is 44.2 Å². The number of rotatable bonds is 8. The van der Waals surface area contributed by atoms with E-state index >= 15 is 0 Å². The summed E-state index contributed by atoms with van der Waals surface area (Å²) in [5, 5.41) is 2.77. The van der Waals surface area contributed by atoms with Crippen LogP contribution < -0.4 is 10.1 Å². The first-order valence-electron chi connectivity index (χ1n) is 8.54. The molecular weight excluding hydrogens is 342 g/mol. The highest BCUT2D eigenvalue weighted by atomic mass is 16.5. The van der Waals surface area contributed by atoms with Gasteiger partial charge in [0.2, 0.25) is 0 Å². The molecule has 0 radical (unpaired) electrons. The fraction of sp³-hybridized carbons (Fsp3) is 0.182. The van der Waals surface area contributed by atoms with Gasteiger partial charge in [-0.3, -0.25) is 4.79 Å². The maximum atomic E-state index is 12.0. The van der Waals surface area contributed by atoms with Gasteiger partial charge in [-0.1, -0.05) is 43.0 Å². The van der Waals surface area contributed by atoms with Crippen molar-refractivity contribution in [2.24, 2.45) is 0 Å². The van der Waals surface area contributed by atoms with Crippen LogP contribution in [0.1, 0.15) is 16.7 Å². The molecule has 0 aliphatic rings. The van der Waals surface area contributed by atoms with Crippen molar-refractivity contribution in [2.45, 2.75) is 13.8 Å². The minimum absolute atomic E-state index is 0.342. The van der Waals surface area contributed by atoms with E-state index < -0.39 is 5.97 Å². The third kappa shape index (κ3) is 6.47. The highest BCUT2D eigenvalue weighted by molar-refractivity contribution is 5.95. The van der Waals surface area contributed by atoms with Crippen molar-refractivity contribution in [1.29, 1.82) is 0 Å². The molecular formula is C22H23NO4. The number of anilines is 1. The number of aryl methyl sites for hydroxylation is 2. The second-order valence-corrected chi connectivity index (χ2v) is 5.92. The first kappa shape index (κ1) is 20.0. The van der Waals surface area contributed by atoms with Gasteiger partial charge in [0.05, 0.1) is 0 Å². The molecule has 1 amide bonds. The summed E-state index contributed by atoms with van der Waals surface area (Å²) >= 11 is 0. The van der Waals surface area contributed by atoms with Crippen molar-refractivity contribution in [3.05, 3.63) is 77.9 Å². The van der Waals surface area contributed by atoms with Gasteiger partial charge in [0.25, 0.3) is 5.91 Å². The molecule has 0 aliphatic heterocycles. The second-order valence-electron chi connectivity index (χ2n) is 5.92. The molecule has 0 unspecified atom stereocenters. The van der Waals surface area contributed by atoms with Crippen molar-refractivity contribution in [3.8, 4) is 5.75 Å². The molecule has 0 saturated heterocycles. The quantitative estimate of drug-likeness (QED) is 0.435. The maximum absolute atomic E-state index is 12.0. The number of nitrogens with one attached hydrogen (secondary N) is 1. The fourth-order valence-corrected chi connectivity index (χ4v) is 2.37. The zero-order valence-corrected chi connectivity index (χ0v) is 15.5. The zero-order chi connectivity index (χ0) is 19.6. The lowest BCUT2D eigenvalue weighted by Crippen LogP contribution is -2.21. The van der Waals surface area contributed by atoms with E-state index in [2.05, 4.69) is 11.9 Å². The Balaban J connectivity index is 1.82. The average Bonchev–Trinajstić information content (AvgIpc) is 2.67. The fourth-order valence-electron chi connectivity index (χ4n) is 2.37. The van der Waals surface area contributed by atoms with Crippen molar-refractivity contribution in [1.82, 2.24) is 0 Å². The Morgan fingerprint density at radius 2 is 1.74 bits per heavy atom. The lowest BCUT2D eigenvalue weighted by Gasteiger charge is -2.11. The second kappa shape index (κ2) is 9.97.